The quantitative estimate of drug-likeness (QED) is 0.566. The van der Waals surface area contributed by atoms with Gasteiger partial charge in [-0.3, -0.25) is 4.98 Å². The van der Waals surface area contributed by atoms with Gasteiger partial charge in [-0.05, 0) is 29.7 Å². The van der Waals surface area contributed by atoms with Gasteiger partial charge in [-0.2, -0.15) is 0 Å². The normalized spacial score (nSPS) is 13.3. The van der Waals surface area contributed by atoms with Crippen LogP contribution in [0.3, 0.4) is 0 Å². The summed E-state index contributed by atoms with van der Waals surface area (Å²) in [5.41, 5.74) is 1.94. The van der Waals surface area contributed by atoms with Crippen LogP contribution in [-0.2, 0) is 0 Å². The Balaban J connectivity index is 2.23. The van der Waals surface area contributed by atoms with Gasteiger partial charge in [0.25, 0.3) is 0 Å². The summed E-state index contributed by atoms with van der Waals surface area (Å²) in [5.74, 6) is 0.770. The summed E-state index contributed by atoms with van der Waals surface area (Å²) < 4.78 is 0. The summed E-state index contributed by atoms with van der Waals surface area (Å²) in [5, 5.41) is 7.18. The maximum atomic E-state index is 5.54. The highest BCUT2D eigenvalue weighted by molar-refractivity contribution is 6.10. The van der Waals surface area contributed by atoms with Gasteiger partial charge in [0.15, 0.2) is 5.75 Å². The van der Waals surface area contributed by atoms with Gasteiger partial charge in [-0.25, -0.2) is 0 Å². The molecule has 4 rings (SSSR count). The Hall–Kier alpha value is -2.68. The van der Waals surface area contributed by atoms with Crippen LogP contribution in [0.2, 0.25) is 0 Å². The number of oxime groups is 1. The van der Waals surface area contributed by atoms with Crippen molar-refractivity contribution in [1.82, 2.24) is 4.98 Å². The van der Waals surface area contributed by atoms with Crippen LogP contribution in [-0.4, -0.2) is 11.2 Å². The molecule has 19 heavy (non-hydrogen) atoms. The number of hydrogen-bond acceptors (Lipinski definition) is 3. The molecule has 2 heterocycles. The number of hydrogen-bond donors (Lipinski definition) is 0. The van der Waals surface area contributed by atoms with E-state index in [0.29, 0.717) is 0 Å². The maximum absolute atomic E-state index is 5.54. The lowest BCUT2D eigenvalue weighted by Gasteiger charge is -2.09. The van der Waals surface area contributed by atoms with Crippen molar-refractivity contribution >= 4 is 34.0 Å². The molecule has 0 amide bonds. The summed E-state index contributed by atoms with van der Waals surface area (Å²) in [6, 6.07) is 12.2. The summed E-state index contributed by atoms with van der Waals surface area (Å²) >= 11 is 0. The molecule has 3 nitrogen and oxygen atoms in total. The first-order chi connectivity index (χ1) is 9.43. The first-order valence-corrected chi connectivity index (χ1v) is 6.11. The lowest BCUT2D eigenvalue weighted by Crippen LogP contribution is -1.90. The Morgan fingerprint density at radius 1 is 1.00 bits per heavy atom. The van der Waals surface area contributed by atoms with Gasteiger partial charge in [-0.1, -0.05) is 29.4 Å². The molecule has 0 aliphatic carbocycles. The summed E-state index contributed by atoms with van der Waals surface area (Å²) in [7, 11) is 0. The zero-order valence-corrected chi connectivity index (χ0v) is 10.1. The van der Waals surface area contributed by atoms with E-state index in [4.69, 9.17) is 4.84 Å². The highest BCUT2D eigenvalue weighted by atomic mass is 16.6. The van der Waals surface area contributed by atoms with Gasteiger partial charge < -0.3 is 4.84 Å². The molecule has 0 N–H and O–H groups in total. The molecule has 3 aromatic rings. The van der Waals surface area contributed by atoms with E-state index in [-0.39, 0.29) is 0 Å². The van der Waals surface area contributed by atoms with Crippen molar-refractivity contribution < 1.29 is 4.84 Å². The van der Waals surface area contributed by atoms with Gasteiger partial charge in [0.05, 0.1) is 17.1 Å². The van der Waals surface area contributed by atoms with E-state index in [1.807, 2.05) is 42.6 Å². The second-order valence-corrected chi connectivity index (χ2v) is 4.43. The molecule has 0 fully saturated rings. The summed E-state index contributed by atoms with van der Waals surface area (Å²) in [4.78, 5) is 10.0. The molecule has 90 valence electrons. The van der Waals surface area contributed by atoms with E-state index in [2.05, 4.69) is 22.3 Å². The first kappa shape index (κ1) is 10.3. The third-order valence-electron chi connectivity index (χ3n) is 3.31. The van der Waals surface area contributed by atoms with Gasteiger partial charge in [0.2, 0.25) is 0 Å². The largest absolute Gasteiger partial charge is 0.356 e. The molecule has 0 radical (unpaired) electrons. The minimum Gasteiger partial charge on any atom is -0.356 e. The van der Waals surface area contributed by atoms with Crippen molar-refractivity contribution in [2.75, 3.05) is 0 Å². The molecule has 2 aromatic carbocycles. The van der Waals surface area contributed by atoms with Crippen LogP contribution in [0.5, 0.6) is 5.75 Å². The third kappa shape index (κ3) is 1.52. The number of aromatic nitrogens is 1. The number of nitrogens with zero attached hydrogens (tertiary/aromatic N) is 2. The topological polar surface area (TPSA) is 34.5 Å². The average molecular weight is 246 g/mol. The monoisotopic (exact) mass is 246 g/mol. The van der Waals surface area contributed by atoms with Gasteiger partial charge in [-0.15, -0.1) is 0 Å². The molecule has 0 bridgehead atoms. The lowest BCUT2D eigenvalue weighted by atomic mass is 10.0. The summed E-state index contributed by atoms with van der Waals surface area (Å²) in [6.07, 6.45) is 7.40. The minimum absolute atomic E-state index is 0.770. The van der Waals surface area contributed by atoms with E-state index in [1.165, 1.54) is 0 Å². The maximum Gasteiger partial charge on any atom is 0.175 e. The van der Waals surface area contributed by atoms with Crippen molar-refractivity contribution in [3.8, 4) is 5.75 Å². The fraction of sp³-hybridized carbons (Fsp3) is 0. The molecule has 1 aliphatic heterocycles. The predicted octanol–water partition coefficient (Wildman–Crippen LogP) is 3.78. The van der Waals surface area contributed by atoms with E-state index < -0.39 is 0 Å². The van der Waals surface area contributed by atoms with Gasteiger partial charge in [0, 0.05) is 17.1 Å². The third-order valence-corrected chi connectivity index (χ3v) is 3.31. The number of benzene rings is 2. The Kier molecular flexibility index (Phi) is 2.12. The molecule has 0 saturated heterocycles. The van der Waals surface area contributed by atoms with Crippen LogP contribution in [0, 0.1) is 0 Å². The Morgan fingerprint density at radius 2 is 1.95 bits per heavy atom. The number of allylic oxidation sites excluding steroid dienone is 1. The molecule has 0 saturated carbocycles. The van der Waals surface area contributed by atoms with E-state index >= 15 is 0 Å². The SMILES string of the molecule is C1=Cc2ccc3ncc4ccccc4c3c2ON=C1. The summed E-state index contributed by atoms with van der Waals surface area (Å²) in [6.45, 7) is 0. The van der Waals surface area contributed by atoms with Crippen molar-refractivity contribution in [2.45, 2.75) is 0 Å². The van der Waals surface area contributed by atoms with E-state index in [0.717, 1.165) is 33.0 Å². The molecule has 0 unspecified atom stereocenters. The zero-order valence-electron chi connectivity index (χ0n) is 10.1. The standard InChI is InChI=1S/C16H10N2O/c1-2-6-13-12(4-1)10-17-14-8-7-11-5-3-9-18-19-16(11)15(13)14/h1-10H. The second kappa shape index (κ2) is 3.92. The van der Waals surface area contributed by atoms with Crippen LogP contribution in [0.25, 0.3) is 27.8 Å². The predicted molar refractivity (Wildman–Crippen MR) is 77.4 cm³/mol. The zero-order chi connectivity index (χ0) is 12.7. The smallest absolute Gasteiger partial charge is 0.175 e. The average Bonchev–Trinajstić information content (AvgIpc) is 2.72. The fourth-order valence-electron chi connectivity index (χ4n) is 2.43. The van der Waals surface area contributed by atoms with E-state index in [9.17, 15) is 0 Å². The molecule has 1 aromatic heterocycles. The fourth-order valence-corrected chi connectivity index (χ4v) is 2.43. The van der Waals surface area contributed by atoms with Gasteiger partial charge >= 0.3 is 0 Å². The highest BCUT2D eigenvalue weighted by Crippen LogP contribution is 2.35. The second-order valence-electron chi connectivity index (χ2n) is 4.43. The van der Waals surface area contributed by atoms with Crippen LogP contribution < -0.4 is 4.84 Å². The number of rotatable bonds is 0. The van der Waals surface area contributed by atoms with Crippen LogP contribution in [0.1, 0.15) is 5.56 Å². The first-order valence-electron chi connectivity index (χ1n) is 6.11. The van der Waals surface area contributed by atoms with Crippen LogP contribution in [0.4, 0.5) is 0 Å². The van der Waals surface area contributed by atoms with Crippen molar-refractivity contribution in [1.29, 1.82) is 0 Å². The molecule has 0 spiro atoms. The van der Waals surface area contributed by atoms with Crippen molar-refractivity contribution in [3.05, 3.63) is 54.2 Å². The minimum atomic E-state index is 0.770. The molecular weight excluding hydrogens is 236 g/mol. The van der Waals surface area contributed by atoms with Crippen molar-refractivity contribution in [3.63, 3.8) is 0 Å². The Bertz CT molecular complexity index is 850. The molecule has 3 heteroatoms. The van der Waals surface area contributed by atoms with Gasteiger partial charge in [0.1, 0.15) is 0 Å². The lowest BCUT2D eigenvalue weighted by molar-refractivity contribution is 0.348. The number of pyridine rings is 1. The number of fused-ring (bicyclic) bond motifs is 5. The van der Waals surface area contributed by atoms with Crippen LogP contribution >= 0.6 is 0 Å². The highest BCUT2D eigenvalue weighted by Gasteiger charge is 2.12. The van der Waals surface area contributed by atoms with E-state index in [1.54, 1.807) is 6.21 Å². The molecule has 0 atom stereocenters. The molecule has 1 aliphatic rings. The van der Waals surface area contributed by atoms with Crippen LogP contribution in [0.15, 0.2) is 53.8 Å². The molecular formula is C16H10N2O. The van der Waals surface area contributed by atoms with Crippen molar-refractivity contribution in [2.24, 2.45) is 5.16 Å². The Morgan fingerprint density at radius 3 is 2.95 bits per heavy atom. The Labute approximate surface area is 109 Å².